The average molecular weight is 489 g/mol. The van der Waals surface area contributed by atoms with Crippen LogP contribution in [-0.4, -0.2) is 33.2 Å². The minimum atomic E-state index is -1.89. The Kier molecular flexibility index (Phi) is 4.67. The molecule has 186 valence electrons. The molecule has 2 N–H and O–H groups in total. The first-order valence-corrected chi connectivity index (χ1v) is 12.2. The third kappa shape index (κ3) is 3.05. The van der Waals surface area contributed by atoms with Gasteiger partial charge in [0.05, 0.1) is 40.4 Å². The molecule has 2 aromatic heterocycles. The molecule has 0 saturated carbocycles. The van der Waals surface area contributed by atoms with Gasteiger partial charge in [0.2, 0.25) is 0 Å². The van der Waals surface area contributed by atoms with Gasteiger partial charge in [0.1, 0.15) is 6.61 Å². The van der Waals surface area contributed by atoms with Crippen molar-refractivity contribution in [1.82, 2.24) is 9.55 Å². The lowest BCUT2D eigenvalue weighted by molar-refractivity contribution is -0.172. The van der Waals surface area contributed by atoms with Crippen molar-refractivity contribution in [2.75, 3.05) is 16.8 Å². The highest BCUT2D eigenvalue weighted by atomic mass is 16.6. The van der Waals surface area contributed by atoms with Crippen LogP contribution in [0.15, 0.2) is 29.1 Å². The first-order valence-electron chi connectivity index (χ1n) is 12.2. The average Bonchev–Trinajstić information content (AvgIpc) is 3.19. The molecule has 0 saturated heterocycles. The zero-order chi connectivity index (χ0) is 25.6. The molecule has 36 heavy (non-hydrogen) atoms. The molecule has 0 radical (unpaired) electrons. The molecule has 2 amide bonds. The van der Waals surface area contributed by atoms with Gasteiger partial charge in [-0.2, -0.15) is 0 Å². The minimum Gasteiger partial charge on any atom is -0.458 e. The van der Waals surface area contributed by atoms with Crippen LogP contribution in [-0.2, 0) is 28.3 Å². The second kappa shape index (κ2) is 7.39. The number of hydrogen-bond acceptors (Lipinski definition) is 6. The number of hydrogen-bond donors (Lipinski definition) is 2. The van der Waals surface area contributed by atoms with Crippen LogP contribution in [0.4, 0.5) is 16.2 Å². The van der Waals surface area contributed by atoms with Crippen LogP contribution in [0.2, 0.25) is 0 Å². The van der Waals surface area contributed by atoms with E-state index in [2.05, 4.69) is 26.1 Å². The van der Waals surface area contributed by atoms with Crippen molar-refractivity contribution in [2.45, 2.75) is 59.3 Å². The van der Waals surface area contributed by atoms with Crippen molar-refractivity contribution < 1.29 is 19.4 Å². The molecule has 1 aromatic carbocycles. The Morgan fingerprint density at radius 3 is 2.69 bits per heavy atom. The van der Waals surface area contributed by atoms with Crippen molar-refractivity contribution in [3.8, 4) is 11.4 Å². The Balaban J connectivity index is 1.62. The standard InChI is InChI=1S/C27H28N4O5/c1-5-27(35)16-11-19-21-14(12-31(19)23(32)15(16)13-36-24(27)33)22-20-17(28-21)7-6-8-18(20)29-25(34)30(22)10-9-26(2,3)4/h6-8,11,35H,5,9-10,12-13H2,1-4H3,(H,29,34)/t27-/m0/s1. The summed E-state index contributed by atoms with van der Waals surface area (Å²) in [5.41, 5.74) is 2.41. The molecule has 0 bridgehead atoms. The fraction of sp³-hybridized carbons (Fsp3) is 0.407. The van der Waals surface area contributed by atoms with E-state index < -0.39 is 11.6 Å². The van der Waals surface area contributed by atoms with Gasteiger partial charge in [-0.3, -0.25) is 9.69 Å². The molecule has 3 aliphatic heterocycles. The van der Waals surface area contributed by atoms with Gasteiger partial charge in [-0.25, -0.2) is 14.6 Å². The Labute approximate surface area is 207 Å². The number of esters is 1. The number of carbonyl (C=O) groups is 2. The zero-order valence-corrected chi connectivity index (χ0v) is 20.8. The topological polar surface area (TPSA) is 114 Å². The molecular formula is C27H28N4O5. The normalized spacial score (nSPS) is 20.1. The largest absolute Gasteiger partial charge is 0.458 e. The van der Waals surface area contributed by atoms with Crippen molar-refractivity contribution >= 4 is 34.3 Å². The SMILES string of the molecule is CC[C@@]1(O)C(=O)OCc2c1cc1n(c2=O)Cc2c-1nc1cccc3c1c2N(CCC(C)(C)C)C(=O)N3. The van der Waals surface area contributed by atoms with Crippen LogP contribution in [0, 0.1) is 5.41 Å². The maximum absolute atomic E-state index is 13.6. The second-order valence-electron chi connectivity index (χ2n) is 11.0. The van der Waals surface area contributed by atoms with Crippen molar-refractivity contribution in [3.63, 3.8) is 0 Å². The van der Waals surface area contributed by atoms with Crippen molar-refractivity contribution in [1.29, 1.82) is 0 Å². The van der Waals surface area contributed by atoms with Crippen LogP contribution >= 0.6 is 0 Å². The monoisotopic (exact) mass is 488 g/mol. The van der Waals surface area contributed by atoms with Gasteiger partial charge < -0.3 is 19.7 Å². The van der Waals surface area contributed by atoms with E-state index in [0.717, 1.165) is 23.1 Å². The molecule has 0 unspecified atom stereocenters. The number of carbonyl (C=O) groups excluding carboxylic acids is 2. The number of cyclic esters (lactones) is 1. The predicted octanol–water partition coefficient (Wildman–Crippen LogP) is 3.87. The number of benzene rings is 1. The van der Waals surface area contributed by atoms with E-state index in [9.17, 15) is 19.5 Å². The summed E-state index contributed by atoms with van der Waals surface area (Å²) in [6, 6.07) is 7.07. The van der Waals surface area contributed by atoms with E-state index in [-0.39, 0.29) is 47.7 Å². The number of nitrogens with zero attached hydrogens (tertiary/aromatic N) is 3. The molecule has 3 aliphatic rings. The lowest BCUT2D eigenvalue weighted by atomic mass is 9.86. The quantitative estimate of drug-likeness (QED) is 0.423. The highest BCUT2D eigenvalue weighted by Crippen LogP contribution is 2.46. The van der Waals surface area contributed by atoms with E-state index in [4.69, 9.17) is 9.72 Å². The summed E-state index contributed by atoms with van der Waals surface area (Å²) in [4.78, 5) is 46.0. The lowest BCUT2D eigenvalue weighted by Gasteiger charge is -2.33. The van der Waals surface area contributed by atoms with Gasteiger partial charge in [-0.15, -0.1) is 0 Å². The smallest absolute Gasteiger partial charge is 0.343 e. The minimum absolute atomic E-state index is 0.0165. The maximum Gasteiger partial charge on any atom is 0.343 e. The van der Waals surface area contributed by atoms with Crippen LogP contribution in [0.1, 0.15) is 57.2 Å². The van der Waals surface area contributed by atoms with Crippen LogP contribution < -0.4 is 15.8 Å². The van der Waals surface area contributed by atoms with E-state index in [1.165, 1.54) is 0 Å². The summed E-state index contributed by atoms with van der Waals surface area (Å²) >= 11 is 0. The molecule has 3 aromatic rings. The highest BCUT2D eigenvalue weighted by molar-refractivity contribution is 6.19. The number of urea groups is 1. The summed E-state index contributed by atoms with van der Waals surface area (Å²) in [7, 11) is 0. The summed E-state index contributed by atoms with van der Waals surface area (Å²) in [6.07, 6.45) is 0.862. The van der Waals surface area contributed by atoms with Crippen molar-refractivity contribution in [3.05, 3.63) is 51.3 Å². The third-order valence-electron chi connectivity index (χ3n) is 7.53. The molecular weight excluding hydrogens is 460 g/mol. The van der Waals surface area contributed by atoms with Crippen LogP contribution in [0.25, 0.3) is 22.3 Å². The van der Waals surface area contributed by atoms with Gasteiger partial charge >= 0.3 is 12.0 Å². The molecule has 5 heterocycles. The number of rotatable bonds is 3. The number of aromatic nitrogens is 2. The summed E-state index contributed by atoms with van der Waals surface area (Å²) < 4.78 is 6.78. The predicted molar refractivity (Wildman–Crippen MR) is 135 cm³/mol. The maximum atomic E-state index is 13.6. The van der Waals surface area contributed by atoms with Crippen LogP contribution in [0.5, 0.6) is 0 Å². The van der Waals surface area contributed by atoms with Gasteiger partial charge in [0.25, 0.3) is 5.56 Å². The molecule has 0 aliphatic carbocycles. The van der Waals surface area contributed by atoms with E-state index >= 15 is 0 Å². The molecule has 0 spiro atoms. The molecule has 0 fully saturated rings. The number of aliphatic hydroxyl groups is 1. The Hall–Kier alpha value is -3.72. The Morgan fingerprint density at radius 2 is 1.97 bits per heavy atom. The van der Waals surface area contributed by atoms with Crippen LogP contribution in [0.3, 0.4) is 0 Å². The van der Waals surface area contributed by atoms with Gasteiger partial charge in [-0.05, 0) is 36.5 Å². The first kappa shape index (κ1) is 22.7. The van der Waals surface area contributed by atoms with Gasteiger partial charge in [-0.1, -0.05) is 33.8 Å². The van der Waals surface area contributed by atoms with Gasteiger partial charge in [0.15, 0.2) is 5.60 Å². The number of pyridine rings is 2. The first-order chi connectivity index (χ1) is 17.0. The number of anilines is 2. The molecule has 6 rings (SSSR count). The number of fused-ring (bicyclic) bond motifs is 5. The third-order valence-corrected chi connectivity index (χ3v) is 7.53. The second-order valence-corrected chi connectivity index (χ2v) is 11.0. The molecule has 9 nitrogen and oxygen atoms in total. The number of nitrogens with one attached hydrogen (secondary N) is 1. The van der Waals surface area contributed by atoms with E-state index in [1.807, 2.05) is 18.2 Å². The Bertz CT molecular complexity index is 1550. The Morgan fingerprint density at radius 1 is 1.19 bits per heavy atom. The van der Waals surface area contributed by atoms with E-state index in [0.29, 0.717) is 29.1 Å². The fourth-order valence-electron chi connectivity index (χ4n) is 5.45. The molecule has 1 atom stereocenters. The number of amides is 2. The molecule has 9 heteroatoms. The summed E-state index contributed by atoms with van der Waals surface area (Å²) in [5.74, 6) is -0.753. The zero-order valence-electron chi connectivity index (χ0n) is 20.8. The summed E-state index contributed by atoms with van der Waals surface area (Å²) in [5, 5.41) is 15.0. The highest BCUT2D eigenvalue weighted by Gasteiger charge is 2.46. The van der Waals surface area contributed by atoms with E-state index in [1.54, 1.807) is 22.5 Å². The summed E-state index contributed by atoms with van der Waals surface area (Å²) in [6.45, 7) is 8.64. The lowest BCUT2D eigenvalue weighted by Crippen LogP contribution is -2.44. The van der Waals surface area contributed by atoms with Gasteiger partial charge in [0, 0.05) is 23.1 Å². The fourth-order valence-corrected chi connectivity index (χ4v) is 5.45. The van der Waals surface area contributed by atoms with Crippen molar-refractivity contribution in [2.24, 2.45) is 5.41 Å². The number of ether oxygens (including phenoxy) is 1.